The second-order valence-corrected chi connectivity index (χ2v) is 4.99. The number of carbonyl (C=O) groups excluding carboxylic acids is 1. The van der Waals surface area contributed by atoms with E-state index >= 15 is 0 Å². The highest BCUT2D eigenvalue weighted by Gasteiger charge is 2.15. The number of nitrogen functional groups attached to an aromatic ring is 1. The topological polar surface area (TPSA) is 72.9 Å². The Kier molecular flexibility index (Phi) is 4.21. The molecule has 0 atom stereocenters. The van der Waals surface area contributed by atoms with E-state index < -0.39 is 0 Å². The van der Waals surface area contributed by atoms with E-state index in [-0.39, 0.29) is 5.91 Å². The first-order chi connectivity index (χ1) is 9.11. The van der Waals surface area contributed by atoms with Gasteiger partial charge < -0.3 is 11.1 Å². The molecule has 0 radical (unpaired) electrons. The van der Waals surface area contributed by atoms with E-state index in [1.807, 2.05) is 31.2 Å². The minimum absolute atomic E-state index is 0.209. The van der Waals surface area contributed by atoms with Crippen LogP contribution in [0, 0.1) is 0 Å². The summed E-state index contributed by atoms with van der Waals surface area (Å²) < 4.78 is 2.60. The van der Waals surface area contributed by atoms with Gasteiger partial charge >= 0.3 is 0 Å². The van der Waals surface area contributed by atoms with Crippen molar-refractivity contribution in [2.75, 3.05) is 5.73 Å². The first-order valence-electron chi connectivity index (χ1n) is 5.95. The molecule has 3 N–H and O–H groups in total. The third-order valence-corrected chi connectivity index (χ3v) is 3.28. The van der Waals surface area contributed by atoms with Crippen LogP contribution in [0.3, 0.4) is 0 Å². The summed E-state index contributed by atoms with van der Waals surface area (Å²) in [6, 6.07) is 7.77. The number of halogens is 1. The van der Waals surface area contributed by atoms with E-state index in [4.69, 9.17) is 5.73 Å². The predicted octanol–water partition coefficient (Wildman–Crippen LogP) is 2.18. The van der Waals surface area contributed by atoms with Gasteiger partial charge in [0.05, 0.1) is 11.9 Å². The molecule has 0 aliphatic heterocycles. The molecule has 1 aromatic carbocycles. The number of aromatic nitrogens is 2. The third kappa shape index (κ3) is 3.14. The molecule has 0 fully saturated rings. The number of nitrogens with two attached hydrogens (primary N) is 1. The highest BCUT2D eigenvalue weighted by atomic mass is 79.9. The lowest BCUT2D eigenvalue weighted by Gasteiger charge is -2.08. The number of amides is 1. The molecule has 100 valence electrons. The largest absolute Gasteiger partial charge is 0.396 e. The SMILES string of the molecule is CCn1ncc(N)c1C(=O)NCc1ccc(Br)cc1. The van der Waals surface area contributed by atoms with Gasteiger partial charge in [-0.2, -0.15) is 5.10 Å². The Morgan fingerprint density at radius 2 is 2.11 bits per heavy atom. The minimum Gasteiger partial charge on any atom is -0.396 e. The maximum absolute atomic E-state index is 12.1. The average molecular weight is 323 g/mol. The van der Waals surface area contributed by atoms with Crippen molar-refractivity contribution in [3.8, 4) is 0 Å². The summed E-state index contributed by atoms with van der Waals surface area (Å²) in [4.78, 5) is 12.1. The zero-order chi connectivity index (χ0) is 13.8. The molecule has 0 spiro atoms. The third-order valence-electron chi connectivity index (χ3n) is 2.75. The van der Waals surface area contributed by atoms with E-state index in [9.17, 15) is 4.79 Å². The fourth-order valence-electron chi connectivity index (χ4n) is 1.76. The van der Waals surface area contributed by atoms with Crippen molar-refractivity contribution in [3.63, 3.8) is 0 Å². The number of rotatable bonds is 4. The van der Waals surface area contributed by atoms with Gasteiger partial charge in [-0.05, 0) is 24.6 Å². The quantitative estimate of drug-likeness (QED) is 0.906. The smallest absolute Gasteiger partial charge is 0.271 e. The maximum atomic E-state index is 12.1. The van der Waals surface area contributed by atoms with Gasteiger partial charge in [0.1, 0.15) is 5.69 Å². The van der Waals surface area contributed by atoms with Crippen molar-refractivity contribution in [2.45, 2.75) is 20.0 Å². The van der Waals surface area contributed by atoms with Gasteiger partial charge in [0.25, 0.3) is 5.91 Å². The highest BCUT2D eigenvalue weighted by Crippen LogP contribution is 2.12. The molecule has 19 heavy (non-hydrogen) atoms. The lowest BCUT2D eigenvalue weighted by atomic mass is 10.2. The highest BCUT2D eigenvalue weighted by molar-refractivity contribution is 9.10. The molecule has 0 aliphatic rings. The predicted molar refractivity (Wildman–Crippen MR) is 77.6 cm³/mol. The summed E-state index contributed by atoms with van der Waals surface area (Å²) in [7, 11) is 0. The fraction of sp³-hybridized carbons (Fsp3) is 0.231. The Bertz CT molecular complexity index is 577. The van der Waals surface area contributed by atoms with Crippen LogP contribution in [-0.4, -0.2) is 15.7 Å². The molecule has 2 rings (SSSR count). The van der Waals surface area contributed by atoms with Crippen LogP contribution in [0.5, 0.6) is 0 Å². The number of anilines is 1. The molecule has 1 amide bonds. The summed E-state index contributed by atoms with van der Waals surface area (Å²) in [6.45, 7) is 2.98. The Labute approximate surface area is 119 Å². The first-order valence-corrected chi connectivity index (χ1v) is 6.75. The lowest BCUT2D eigenvalue weighted by molar-refractivity contribution is 0.0941. The zero-order valence-corrected chi connectivity index (χ0v) is 12.1. The molecule has 5 nitrogen and oxygen atoms in total. The summed E-state index contributed by atoms with van der Waals surface area (Å²) >= 11 is 3.37. The summed E-state index contributed by atoms with van der Waals surface area (Å²) in [6.07, 6.45) is 1.50. The van der Waals surface area contributed by atoms with Gasteiger partial charge in [0.2, 0.25) is 0 Å². The molecule has 2 aromatic rings. The van der Waals surface area contributed by atoms with Crippen LogP contribution in [0.1, 0.15) is 23.0 Å². The van der Waals surface area contributed by atoms with Crippen LogP contribution in [-0.2, 0) is 13.1 Å². The van der Waals surface area contributed by atoms with Gasteiger partial charge in [0.15, 0.2) is 0 Å². The van der Waals surface area contributed by atoms with Crippen molar-refractivity contribution in [2.24, 2.45) is 0 Å². The number of nitrogens with one attached hydrogen (secondary N) is 1. The number of carbonyl (C=O) groups is 1. The van der Waals surface area contributed by atoms with E-state index in [1.54, 1.807) is 4.68 Å². The van der Waals surface area contributed by atoms with Crippen LogP contribution < -0.4 is 11.1 Å². The van der Waals surface area contributed by atoms with E-state index in [2.05, 4.69) is 26.3 Å². The van der Waals surface area contributed by atoms with Crippen molar-refractivity contribution in [1.82, 2.24) is 15.1 Å². The Balaban J connectivity index is 2.05. The normalized spacial score (nSPS) is 10.4. The minimum atomic E-state index is -0.209. The molecule has 6 heteroatoms. The van der Waals surface area contributed by atoms with Gasteiger partial charge in [-0.25, -0.2) is 0 Å². The molecule has 0 aliphatic carbocycles. The standard InChI is InChI=1S/C13H15BrN4O/c1-2-18-12(11(15)8-17-18)13(19)16-7-9-3-5-10(14)6-4-9/h3-6,8H,2,7,15H2,1H3,(H,16,19). The number of aryl methyl sites for hydroxylation is 1. The monoisotopic (exact) mass is 322 g/mol. The van der Waals surface area contributed by atoms with E-state index in [1.165, 1.54) is 6.20 Å². The lowest BCUT2D eigenvalue weighted by Crippen LogP contribution is -2.26. The van der Waals surface area contributed by atoms with Crippen molar-refractivity contribution in [1.29, 1.82) is 0 Å². The summed E-state index contributed by atoms with van der Waals surface area (Å²) in [5, 5.41) is 6.89. The number of hydrogen-bond acceptors (Lipinski definition) is 3. The fourth-order valence-corrected chi connectivity index (χ4v) is 2.02. The van der Waals surface area contributed by atoms with Gasteiger partial charge in [-0.3, -0.25) is 9.48 Å². The molecule has 1 heterocycles. The van der Waals surface area contributed by atoms with Crippen LogP contribution in [0.2, 0.25) is 0 Å². The average Bonchev–Trinajstić information content (AvgIpc) is 2.79. The van der Waals surface area contributed by atoms with Crippen LogP contribution in [0.25, 0.3) is 0 Å². The van der Waals surface area contributed by atoms with E-state index in [0.29, 0.717) is 24.5 Å². The van der Waals surface area contributed by atoms with Crippen LogP contribution in [0.4, 0.5) is 5.69 Å². The van der Waals surface area contributed by atoms with Gasteiger partial charge in [-0.15, -0.1) is 0 Å². The van der Waals surface area contributed by atoms with Crippen LogP contribution in [0.15, 0.2) is 34.9 Å². The molecule has 0 saturated heterocycles. The number of benzene rings is 1. The van der Waals surface area contributed by atoms with E-state index in [0.717, 1.165) is 10.0 Å². The second kappa shape index (κ2) is 5.88. The number of nitrogens with zero attached hydrogens (tertiary/aromatic N) is 2. The first kappa shape index (κ1) is 13.6. The number of hydrogen-bond donors (Lipinski definition) is 2. The molecular weight excluding hydrogens is 308 g/mol. The molecule has 0 unspecified atom stereocenters. The Morgan fingerprint density at radius 3 is 2.74 bits per heavy atom. The summed E-state index contributed by atoms with van der Waals surface area (Å²) in [5.41, 5.74) is 7.60. The van der Waals surface area contributed by atoms with Gasteiger partial charge in [-0.1, -0.05) is 28.1 Å². The second-order valence-electron chi connectivity index (χ2n) is 4.07. The van der Waals surface area contributed by atoms with Crippen molar-refractivity contribution >= 4 is 27.5 Å². The molecular formula is C13H15BrN4O. The maximum Gasteiger partial charge on any atom is 0.271 e. The van der Waals surface area contributed by atoms with Crippen LogP contribution >= 0.6 is 15.9 Å². The van der Waals surface area contributed by atoms with Gasteiger partial charge in [0, 0.05) is 17.6 Å². The van der Waals surface area contributed by atoms with Crippen molar-refractivity contribution < 1.29 is 4.79 Å². The molecule has 0 saturated carbocycles. The zero-order valence-electron chi connectivity index (χ0n) is 10.6. The molecule has 1 aromatic heterocycles. The summed E-state index contributed by atoms with van der Waals surface area (Å²) in [5.74, 6) is -0.209. The Hall–Kier alpha value is -1.82. The molecule has 0 bridgehead atoms. The van der Waals surface area contributed by atoms with Crippen molar-refractivity contribution in [3.05, 3.63) is 46.2 Å². The Morgan fingerprint density at radius 1 is 1.42 bits per heavy atom.